The number of benzene rings is 4. The molecule has 4 heteroatoms. The van der Waals surface area contributed by atoms with Gasteiger partial charge in [0.25, 0.3) is 0 Å². The second kappa shape index (κ2) is 17.3. The molecule has 0 radical (unpaired) electrons. The van der Waals surface area contributed by atoms with E-state index in [1.165, 1.54) is 125 Å². The Balaban J connectivity index is 1.37. The summed E-state index contributed by atoms with van der Waals surface area (Å²) in [6.45, 7) is 9.09. The molecule has 0 bridgehead atoms. The lowest BCUT2D eigenvalue weighted by atomic mass is 9.91. The summed E-state index contributed by atoms with van der Waals surface area (Å²) in [6, 6.07) is 30.7. The van der Waals surface area contributed by atoms with Gasteiger partial charge in [0, 0.05) is 26.4 Å². The minimum atomic E-state index is 0.937. The zero-order valence-corrected chi connectivity index (χ0v) is 33.3. The average molecular weight is 723 g/mol. The lowest BCUT2D eigenvalue weighted by Crippen LogP contribution is -1.98. The molecule has 3 heterocycles. The summed E-state index contributed by atoms with van der Waals surface area (Å²) in [6.07, 6.45) is 18.3. The van der Waals surface area contributed by atoms with E-state index in [-0.39, 0.29) is 0 Å². The van der Waals surface area contributed by atoms with Crippen molar-refractivity contribution in [3.05, 3.63) is 106 Å². The van der Waals surface area contributed by atoms with E-state index in [4.69, 9.17) is 9.97 Å². The van der Waals surface area contributed by atoms with Crippen LogP contribution in [0.2, 0.25) is 0 Å². The molecule has 0 aliphatic rings. The Labute approximate surface area is 319 Å². The number of aryl methyl sites for hydroxylation is 4. The van der Waals surface area contributed by atoms with E-state index in [0.29, 0.717) is 0 Å². The van der Waals surface area contributed by atoms with Crippen molar-refractivity contribution in [3.63, 3.8) is 0 Å². The molecule has 0 unspecified atom stereocenters. The first-order valence-corrected chi connectivity index (χ1v) is 21.6. The molecule has 0 atom stereocenters. The average Bonchev–Trinajstić information content (AvgIpc) is 3.79. The molecule has 3 aromatic heterocycles. The SMILES string of the molecule is CCCCCCCCc1c(CCCCCCCC)c2cc(-c3ccc(C)c4nc(-c5ccccc5)c(-c5ccccc5)nc34)sc2c2sc(C)cc12. The molecule has 0 saturated heterocycles. The number of thiophene rings is 2. The Hall–Kier alpha value is -3.86. The Bertz CT molecular complexity index is 2240. The van der Waals surface area contributed by atoms with E-state index >= 15 is 0 Å². The number of hydrogen-bond donors (Lipinski definition) is 0. The molecule has 52 heavy (non-hydrogen) atoms. The van der Waals surface area contributed by atoms with Crippen LogP contribution in [0.4, 0.5) is 0 Å². The lowest BCUT2D eigenvalue weighted by molar-refractivity contribution is 0.600. The van der Waals surface area contributed by atoms with Gasteiger partial charge in [-0.1, -0.05) is 151 Å². The Morgan fingerprint density at radius 3 is 1.58 bits per heavy atom. The Morgan fingerprint density at radius 2 is 1.00 bits per heavy atom. The van der Waals surface area contributed by atoms with Gasteiger partial charge in [-0.3, -0.25) is 0 Å². The van der Waals surface area contributed by atoms with Gasteiger partial charge < -0.3 is 0 Å². The van der Waals surface area contributed by atoms with Crippen LogP contribution >= 0.6 is 22.7 Å². The first kappa shape index (κ1) is 36.5. The van der Waals surface area contributed by atoms with Gasteiger partial charge in [-0.25, -0.2) is 9.97 Å². The fourth-order valence-corrected chi connectivity index (χ4v) is 10.4. The minimum absolute atomic E-state index is 0.937. The highest BCUT2D eigenvalue weighted by Gasteiger charge is 2.22. The Kier molecular flexibility index (Phi) is 12.1. The van der Waals surface area contributed by atoms with Gasteiger partial charge in [0.05, 0.1) is 31.8 Å². The molecule has 7 rings (SSSR count). The van der Waals surface area contributed by atoms with Crippen molar-refractivity contribution in [3.8, 4) is 33.0 Å². The molecule has 268 valence electrons. The normalized spacial score (nSPS) is 11.8. The maximum absolute atomic E-state index is 5.54. The highest BCUT2D eigenvalue weighted by atomic mass is 32.1. The van der Waals surface area contributed by atoms with E-state index in [1.807, 2.05) is 22.7 Å². The third kappa shape index (κ3) is 7.89. The van der Waals surface area contributed by atoms with Gasteiger partial charge in [0.2, 0.25) is 0 Å². The summed E-state index contributed by atoms with van der Waals surface area (Å²) in [7, 11) is 0. The summed E-state index contributed by atoms with van der Waals surface area (Å²) >= 11 is 3.96. The summed E-state index contributed by atoms with van der Waals surface area (Å²) in [4.78, 5) is 13.7. The van der Waals surface area contributed by atoms with Gasteiger partial charge in [0.1, 0.15) is 0 Å². The van der Waals surface area contributed by atoms with Gasteiger partial charge >= 0.3 is 0 Å². The van der Waals surface area contributed by atoms with E-state index in [0.717, 1.165) is 39.1 Å². The summed E-state index contributed by atoms with van der Waals surface area (Å²) < 4.78 is 2.94. The van der Waals surface area contributed by atoms with Crippen molar-refractivity contribution >= 4 is 53.9 Å². The van der Waals surface area contributed by atoms with Crippen molar-refractivity contribution in [2.24, 2.45) is 0 Å². The number of nitrogens with zero attached hydrogens (tertiary/aromatic N) is 2. The van der Waals surface area contributed by atoms with Crippen LogP contribution < -0.4 is 0 Å². The van der Waals surface area contributed by atoms with Crippen molar-refractivity contribution < 1.29 is 0 Å². The molecular weight excluding hydrogens is 669 g/mol. The van der Waals surface area contributed by atoms with Crippen molar-refractivity contribution in [1.82, 2.24) is 9.97 Å². The minimum Gasteiger partial charge on any atom is -0.244 e. The van der Waals surface area contributed by atoms with Crippen LogP contribution in [0.15, 0.2) is 84.9 Å². The Morgan fingerprint density at radius 1 is 0.500 bits per heavy atom. The first-order chi connectivity index (χ1) is 25.6. The van der Waals surface area contributed by atoms with Crippen molar-refractivity contribution in [2.75, 3.05) is 0 Å². The second-order valence-electron chi connectivity index (χ2n) is 14.7. The summed E-state index contributed by atoms with van der Waals surface area (Å²) in [5.74, 6) is 0. The monoisotopic (exact) mass is 722 g/mol. The van der Waals surface area contributed by atoms with Crippen LogP contribution in [0.25, 0.3) is 64.2 Å². The number of rotatable bonds is 17. The number of fused-ring (bicyclic) bond motifs is 4. The molecule has 0 fully saturated rings. The fourth-order valence-electron chi connectivity index (χ4n) is 7.94. The molecule has 7 aromatic rings. The fraction of sp³-hybridized carbons (Fsp3) is 0.375. The number of unbranched alkanes of at least 4 members (excludes halogenated alkanes) is 10. The van der Waals surface area contributed by atoms with Gasteiger partial charge in [-0.05, 0) is 79.1 Å². The second-order valence-corrected chi connectivity index (χ2v) is 17.0. The predicted octanol–water partition coefficient (Wildman–Crippen LogP) is 15.5. The van der Waals surface area contributed by atoms with Gasteiger partial charge in [-0.15, -0.1) is 22.7 Å². The van der Waals surface area contributed by atoms with Crippen molar-refractivity contribution in [1.29, 1.82) is 0 Å². The quantitative estimate of drug-likeness (QED) is 0.0875. The van der Waals surface area contributed by atoms with Gasteiger partial charge in [0.15, 0.2) is 0 Å². The largest absolute Gasteiger partial charge is 0.244 e. The highest BCUT2D eigenvalue weighted by Crippen LogP contribution is 2.47. The van der Waals surface area contributed by atoms with Crippen LogP contribution in [0, 0.1) is 13.8 Å². The predicted molar refractivity (Wildman–Crippen MR) is 230 cm³/mol. The van der Waals surface area contributed by atoms with Crippen molar-refractivity contribution in [2.45, 2.75) is 118 Å². The highest BCUT2D eigenvalue weighted by molar-refractivity contribution is 7.29. The van der Waals surface area contributed by atoms with E-state index < -0.39 is 0 Å². The maximum Gasteiger partial charge on any atom is 0.0984 e. The van der Waals surface area contributed by atoms with Crippen LogP contribution in [0.5, 0.6) is 0 Å². The number of hydrogen-bond acceptors (Lipinski definition) is 4. The van der Waals surface area contributed by atoms with E-state index in [9.17, 15) is 0 Å². The smallest absolute Gasteiger partial charge is 0.0984 e. The first-order valence-electron chi connectivity index (χ1n) is 20.0. The van der Waals surface area contributed by atoms with Crippen LogP contribution in [-0.2, 0) is 12.8 Å². The maximum atomic E-state index is 5.54. The van der Waals surface area contributed by atoms with E-state index in [2.05, 4.69) is 113 Å². The van der Waals surface area contributed by atoms with Gasteiger partial charge in [-0.2, -0.15) is 0 Å². The molecular formula is C48H54N2S2. The molecule has 0 amide bonds. The standard InChI is InChI=1S/C48H54N2S2/c1-5-7-9-11-13-21-27-37-38(28-22-14-12-10-8-6-2)41-32-42(52-48(41)47-40(37)31-34(4)51-47)39-30-29-33(3)43-46(39)50-45(36-25-19-16-20-26-36)44(49-43)35-23-17-15-18-24-35/h15-20,23-26,29-32H,5-14,21-22,27-28H2,1-4H3. The lowest BCUT2D eigenvalue weighted by Gasteiger charge is -2.14. The zero-order valence-electron chi connectivity index (χ0n) is 31.7. The summed E-state index contributed by atoms with van der Waals surface area (Å²) in [5, 5.41) is 3.00. The molecule has 0 N–H and O–H groups in total. The van der Waals surface area contributed by atoms with Crippen LogP contribution in [0.1, 0.15) is 112 Å². The third-order valence-electron chi connectivity index (χ3n) is 10.8. The molecule has 4 aromatic carbocycles. The molecule has 0 aliphatic carbocycles. The summed E-state index contributed by atoms with van der Waals surface area (Å²) in [5.41, 5.74) is 11.6. The molecule has 0 saturated carbocycles. The third-order valence-corrected chi connectivity index (χ3v) is 13.1. The zero-order chi connectivity index (χ0) is 35.9. The molecule has 0 aliphatic heterocycles. The van der Waals surface area contributed by atoms with Crippen LogP contribution in [-0.4, -0.2) is 9.97 Å². The molecule has 2 nitrogen and oxygen atoms in total. The molecule has 0 spiro atoms. The number of aromatic nitrogens is 2. The topological polar surface area (TPSA) is 25.8 Å². The van der Waals surface area contributed by atoms with E-state index in [1.54, 1.807) is 11.1 Å². The van der Waals surface area contributed by atoms with Crippen LogP contribution in [0.3, 0.4) is 0 Å².